The van der Waals surface area contributed by atoms with E-state index in [1.54, 1.807) is 25.6 Å². The highest BCUT2D eigenvalue weighted by Gasteiger charge is 2.17. The van der Waals surface area contributed by atoms with Crippen molar-refractivity contribution in [2.24, 2.45) is 0 Å². The van der Waals surface area contributed by atoms with Crippen LogP contribution in [0.2, 0.25) is 0 Å². The number of para-hydroxylation sites is 1. The van der Waals surface area contributed by atoms with Crippen molar-refractivity contribution in [3.05, 3.63) is 23.2 Å². The molecule has 0 spiro atoms. The molecule has 2 aromatic rings. The van der Waals surface area contributed by atoms with E-state index < -0.39 is 0 Å². The molecular formula is C15H21N3O2S. The maximum Gasteiger partial charge on any atom is 0.171 e. The zero-order valence-corrected chi connectivity index (χ0v) is 13.7. The molecule has 5 nitrogen and oxygen atoms in total. The van der Waals surface area contributed by atoms with Crippen molar-refractivity contribution >= 4 is 11.3 Å². The Morgan fingerprint density at radius 2 is 2.05 bits per heavy atom. The molecule has 0 radical (unpaired) electrons. The van der Waals surface area contributed by atoms with Crippen molar-refractivity contribution in [3.8, 4) is 22.1 Å². The summed E-state index contributed by atoms with van der Waals surface area (Å²) in [5, 5.41) is 13.8. The predicted octanol–water partition coefficient (Wildman–Crippen LogP) is 3.28. The summed E-state index contributed by atoms with van der Waals surface area (Å²) in [5.41, 5.74) is 0.906. The highest BCUT2D eigenvalue weighted by atomic mass is 32.1. The van der Waals surface area contributed by atoms with E-state index >= 15 is 0 Å². The summed E-state index contributed by atoms with van der Waals surface area (Å²) in [7, 11) is 3.26. The van der Waals surface area contributed by atoms with Gasteiger partial charge in [0.05, 0.1) is 25.8 Å². The summed E-state index contributed by atoms with van der Waals surface area (Å²) in [4.78, 5) is 0. The van der Waals surface area contributed by atoms with Crippen molar-refractivity contribution in [1.82, 2.24) is 15.5 Å². The first-order valence-corrected chi connectivity index (χ1v) is 7.81. The fourth-order valence-corrected chi connectivity index (χ4v) is 2.91. The molecule has 0 aliphatic carbocycles. The molecule has 1 aromatic carbocycles. The summed E-state index contributed by atoms with van der Waals surface area (Å²) in [6.45, 7) is 5.22. The molecule has 0 saturated carbocycles. The fraction of sp³-hybridized carbons (Fsp3) is 0.467. The van der Waals surface area contributed by atoms with E-state index in [1.807, 2.05) is 18.2 Å². The van der Waals surface area contributed by atoms with Crippen molar-refractivity contribution in [1.29, 1.82) is 0 Å². The molecule has 1 heterocycles. The average molecular weight is 307 g/mol. The van der Waals surface area contributed by atoms with Crippen LogP contribution in [0.3, 0.4) is 0 Å². The zero-order valence-electron chi connectivity index (χ0n) is 12.8. The molecule has 0 aliphatic heterocycles. The molecule has 21 heavy (non-hydrogen) atoms. The standard InChI is InChI=1S/C15H21N3O2S/c1-5-9-16-10(2)14-17-18-15(21-14)11-7-6-8-12(19-3)13(11)20-4/h6-8,10,16H,5,9H2,1-4H3. The van der Waals surface area contributed by atoms with E-state index in [0.29, 0.717) is 11.5 Å². The molecule has 2 rings (SSSR count). The van der Waals surface area contributed by atoms with E-state index in [-0.39, 0.29) is 6.04 Å². The highest BCUT2D eigenvalue weighted by molar-refractivity contribution is 7.14. The number of hydrogen-bond acceptors (Lipinski definition) is 6. The van der Waals surface area contributed by atoms with Crippen LogP contribution in [0.5, 0.6) is 11.5 Å². The number of rotatable bonds is 7. The van der Waals surface area contributed by atoms with Gasteiger partial charge in [-0.3, -0.25) is 0 Å². The van der Waals surface area contributed by atoms with Crippen LogP contribution >= 0.6 is 11.3 Å². The van der Waals surface area contributed by atoms with Gasteiger partial charge in [0, 0.05) is 0 Å². The molecule has 0 aliphatic rings. The van der Waals surface area contributed by atoms with Gasteiger partial charge >= 0.3 is 0 Å². The minimum absolute atomic E-state index is 0.202. The third-order valence-electron chi connectivity index (χ3n) is 3.14. The highest BCUT2D eigenvalue weighted by Crippen LogP contribution is 2.39. The monoisotopic (exact) mass is 307 g/mol. The Morgan fingerprint density at radius 3 is 2.71 bits per heavy atom. The van der Waals surface area contributed by atoms with Gasteiger partial charge in [-0.2, -0.15) is 0 Å². The normalized spacial score (nSPS) is 12.2. The van der Waals surface area contributed by atoms with Gasteiger partial charge in [0.25, 0.3) is 0 Å². The average Bonchev–Trinajstić information content (AvgIpc) is 3.01. The molecule has 0 bridgehead atoms. The topological polar surface area (TPSA) is 56.3 Å². The molecular weight excluding hydrogens is 286 g/mol. The van der Waals surface area contributed by atoms with E-state index in [4.69, 9.17) is 9.47 Å². The van der Waals surface area contributed by atoms with Crippen LogP contribution in [0.1, 0.15) is 31.3 Å². The lowest BCUT2D eigenvalue weighted by molar-refractivity contribution is 0.356. The van der Waals surface area contributed by atoms with Gasteiger partial charge in [-0.05, 0) is 32.0 Å². The lowest BCUT2D eigenvalue weighted by Crippen LogP contribution is -2.18. The second kappa shape index (κ2) is 7.38. The van der Waals surface area contributed by atoms with Crippen LogP contribution in [-0.4, -0.2) is 31.0 Å². The molecule has 0 saturated heterocycles. The second-order valence-corrected chi connectivity index (χ2v) is 5.67. The third-order valence-corrected chi connectivity index (χ3v) is 4.28. The number of aromatic nitrogens is 2. The third kappa shape index (κ3) is 3.51. The minimum atomic E-state index is 0.202. The Balaban J connectivity index is 2.29. The van der Waals surface area contributed by atoms with Crippen LogP contribution in [0.4, 0.5) is 0 Å². The molecule has 6 heteroatoms. The summed E-state index contributed by atoms with van der Waals surface area (Å²) >= 11 is 1.57. The Kier molecular flexibility index (Phi) is 5.52. The van der Waals surface area contributed by atoms with Gasteiger partial charge < -0.3 is 14.8 Å². The maximum absolute atomic E-state index is 5.45. The van der Waals surface area contributed by atoms with Crippen LogP contribution in [-0.2, 0) is 0 Å². The summed E-state index contributed by atoms with van der Waals surface area (Å²) < 4.78 is 10.8. The number of ether oxygens (including phenoxy) is 2. The number of methoxy groups -OCH3 is 2. The molecule has 1 unspecified atom stereocenters. The first-order chi connectivity index (χ1) is 10.2. The fourth-order valence-electron chi connectivity index (χ4n) is 2.02. The van der Waals surface area contributed by atoms with Crippen LogP contribution in [0.25, 0.3) is 10.6 Å². The van der Waals surface area contributed by atoms with Crippen LogP contribution in [0.15, 0.2) is 18.2 Å². The SMILES string of the molecule is CCCNC(C)c1nnc(-c2cccc(OC)c2OC)s1. The Hall–Kier alpha value is -1.66. The number of hydrogen-bond donors (Lipinski definition) is 1. The van der Waals surface area contributed by atoms with Crippen molar-refractivity contribution in [3.63, 3.8) is 0 Å². The van der Waals surface area contributed by atoms with Gasteiger partial charge in [0.1, 0.15) is 5.01 Å². The summed E-state index contributed by atoms with van der Waals surface area (Å²) in [5.74, 6) is 1.39. The molecule has 0 fully saturated rings. The Labute approximate surface area is 129 Å². The molecule has 1 N–H and O–H groups in total. The maximum atomic E-state index is 5.45. The quantitative estimate of drug-likeness (QED) is 0.850. The Bertz CT molecular complexity index is 586. The van der Waals surface area contributed by atoms with Crippen molar-refractivity contribution in [2.75, 3.05) is 20.8 Å². The number of nitrogens with zero attached hydrogens (tertiary/aromatic N) is 2. The molecule has 1 atom stereocenters. The lowest BCUT2D eigenvalue weighted by Gasteiger charge is -2.10. The van der Waals surface area contributed by atoms with Crippen molar-refractivity contribution in [2.45, 2.75) is 26.3 Å². The van der Waals surface area contributed by atoms with Crippen molar-refractivity contribution < 1.29 is 9.47 Å². The first kappa shape index (κ1) is 15.7. The number of benzene rings is 1. The van der Waals surface area contributed by atoms with Gasteiger partial charge in [0.15, 0.2) is 16.5 Å². The largest absolute Gasteiger partial charge is 0.493 e. The molecule has 1 aromatic heterocycles. The number of nitrogens with one attached hydrogen (secondary N) is 1. The van der Waals surface area contributed by atoms with Crippen LogP contribution < -0.4 is 14.8 Å². The summed E-state index contributed by atoms with van der Waals surface area (Å²) in [6.07, 6.45) is 1.10. The van der Waals surface area contributed by atoms with Gasteiger partial charge in [0.2, 0.25) is 0 Å². The summed E-state index contributed by atoms with van der Waals surface area (Å²) in [6, 6.07) is 5.97. The lowest BCUT2D eigenvalue weighted by atomic mass is 10.2. The Morgan fingerprint density at radius 1 is 1.24 bits per heavy atom. The van der Waals surface area contributed by atoms with E-state index in [2.05, 4.69) is 29.4 Å². The minimum Gasteiger partial charge on any atom is -0.493 e. The second-order valence-electron chi connectivity index (χ2n) is 4.66. The van der Waals surface area contributed by atoms with Crippen LogP contribution in [0, 0.1) is 0 Å². The van der Waals surface area contributed by atoms with Gasteiger partial charge in [-0.25, -0.2) is 0 Å². The van der Waals surface area contributed by atoms with E-state index in [9.17, 15) is 0 Å². The zero-order chi connectivity index (χ0) is 15.2. The predicted molar refractivity (Wildman–Crippen MR) is 85.2 cm³/mol. The first-order valence-electron chi connectivity index (χ1n) is 6.99. The van der Waals surface area contributed by atoms with Gasteiger partial charge in [-0.1, -0.05) is 24.3 Å². The molecule has 114 valence electrons. The smallest absolute Gasteiger partial charge is 0.171 e. The molecule has 0 amide bonds. The van der Waals surface area contributed by atoms with Gasteiger partial charge in [-0.15, -0.1) is 10.2 Å². The van der Waals surface area contributed by atoms with E-state index in [0.717, 1.165) is 28.5 Å². The van der Waals surface area contributed by atoms with E-state index in [1.165, 1.54) is 0 Å².